The van der Waals surface area contributed by atoms with Crippen molar-refractivity contribution in [1.82, 2.24) is 0 Å². The van der Waals surface area contributed by atoms with E-state index in [1.54, 1.807) is 7.11 Å². The molecule has 0 spiro atoms. The second-order valence-electron chi connectivity index (χ2n) is 2.53. The van der Waals surface area contributed by atoms with E-state index < -0.39 is 0 Å². The maximum atomic E-state index is 5.16. The fourth-order valence-electron chi connectivity index (χ4n) is 1.21. The second-order valence-corrected chi connectivity index (χ2v) is 2.53. The molecule has 2 nitrogen and oxygen atoms in total. The number of ether oxygens (including phenoxy) is 1. The molecule has 0 saturated carbocycles. The number of dihydropyridines is 1. The third-order valence-electron chi connectivity index (χ3n) is 1.76. The molecule has 0 aromatic heterocycles. The lowest BCUT2D eigenvalue weighted by atomic mass is 10.1. The van der Waals surface area contributed by atoms with Crippen molar-refractivity contribution in [1.29, 1.82) is 0 Å². The van der Waals surface area contributed by atoms with E-state index in [2.05, 4.69) is 11.9 Å². The minimum absolute atomic E-state index is 0.921. The summed E-state index contributed by atoms with van der Waals surface area (Å²) in [6.45, 7) is 5.00. The Morgan fingerprint density at radius 2 is 2.10 bits per heavy atom. The van der Waals surface area contributed by atoms with Crippen LogP contribution in [0.3, 0.4) is 0 Å². The summed E-state index contributed by atoms with van der Waals surface area (Å²) in [5, 5.41) is 0. The number of methoxy groups -OCH3 is 1. The van der Waals surface area contributed by atoms with Crippen LogP contribution in [-0.2, 0) is 4.74 Å². The molecule has 56 valence electrons. The van der Waals surface area contributed by atoms with Crippen LogP contribution in [0.5, 0.6) is 0 Å². The Kier molecular flexibility index (Phi) is 2.10. The molecule has 0 bridgehead atoms. The molecule has 0 fully saturated rings. The molecule has 0 N–H and O–H groups in total. The summed E-state index contributed by atoms with van der Waals surface area (Å²) in [7, 11) is 1.70. The van der Waals surface area contributed by atoms with Crippen LogP contribution in [-0.4, -0.2) is 19.4 Å². The van der Waals surface area contributed by atoms with Gasteiger partial charge in [0, 0.05) is 6.54 Å². The Bertz CT molecular complexity index is 191. The minimum atomic E-state index is 0.921. The van der Waals surface area contributed by atoms with Gasteiger partial charge in [0.15, 0.2) is 0 Å². The molecule has 10 heavy (non-hydrogen) atoms. The normalized spacial score (nSPS) is 18.9. The summed E-state index contributed by atoms with van der Waals surface area (Å²) in [5.74, 6) is 0.978. The van der Waals surface area contributed by atoms with Crippen LogP contribution in [0.15, 0.2) is 16.3 Å². The fourth-order valence-corrected chi connectivity index (χ4v) is 1.21. The molecule has 1 rings (SSSR count). The van der Waals surface area contributed by atoms with Gasteiger partial charge in [0.2, 0.25) is 0 Å². The Hall–Kier alpha value is -0.790. The Morgan fingerprint density at radius 3 is 2.50 bits per heavy atom. The van der Waals surface area contributed by atoms with Crippen molar-refractivity contribution in [3.05, 3.63) is 11.3 Å². The van der Waals surface area contributed by atoms with Gasteiger partial charge in [-0.1, -0.05) is 0 Å². The zero-order valence-corrected chi connectivity index (χ0v) is 6.77. The average Bonchev–Trinajstić information content (AvgIpc) is 1.88. The van der Waals surface area contributed by atoms with Gasteiger partial charge in [-0.05, 0) is 25.8 Å². The van der Waals surface area contributed by atoms with E-state index in [1.807, 2.05) is 6.92 Å². The van der Waals surface area contributed by atoms with Gasteiger partial charge in [0.1, 0.15) is 5.76 Å². The van der Waals surface area contributed by atoms with Crippen LogP contribution in [0.2, 0.25) is 0 Å². The SMILES string of the molecule is COC1=C(C)CCN=C1C. The summed E-state index contributed by atoms with van der Waals surface area (Å²) in [6.07, 6.45) is 1.04. The lowest BCUT2D eigenvalue weighted by Crippen LogP contribution is -2.09. The van der Waals surface area contributed by atoms with Crippen LogP contribution in [0.1, 0.15) is 20.3 Å². The van der Waals surface area contributed by atoms with E-state index >= 15 is 0 Å². The van der Waals surface area contributed by atoms with Crippen molar-refractivity contribution >= 4 is 5.71 Å². The van der Waals surface area contributed by atoms with Crippen molar-refractivity contribution in [3.63, 3.8) is 0 Å². The Balaban J connectivity index is 2.87. The maximum Gasteiger partial charge on any atom is 0.138 e. The molecular weight excluding hydrogens is 126 g/mol. The number of hydrogen-bond donors (Lipinski definition) is 0. The van der Waals surface area contributed by atoms with Gasteiger partial charge < -0.3 is 4.74 Å². The largest absolute Gasteiger partial charge is 0.495 e. The van der Waals surface area contributed by atoms with Crippen molar-refractivity contribution in [2.75, 3.05) is 13.7 Å². The molecule has 1 aliphatic heterocycles. The van der Waals surface area contributed by atoms with E-state index in [0.29, 0.717) is 0 Å². The first-order valence-electron chi connectivity index (χ1n) is 3.51. The topological polar surface area (TPSA) is 21.6 Å². The molecule has 0 saturated heterocycles. The van der Waals surface area contributed by atoms with Gasteiger partial charge in [0.25, 0.3) is 0 Å². The highest BCUT2D eigenvalue weighted by Gasteiger charge is 2.10. The zero-order valence-electron chi connectivity index (χ0n) is 6.77. The molecule has 0 amide bonds. The van der Waals surface area contributed by atoms with Crippen molar-refractivity contribution in [2.45, 2.75) is 20.3 Å². The van der Waals surface area contributed by atoms with Crippen molar-refractivity contribution < 1.29 is 4.74 Å². The summed E-state index contributed by atoms with van der Waals surface area (Å²) < 4.78 is 5.16. The second kappa shape index (κ2) is 2.86. The third-order valence-corrected chi connectivity index (χ3v) is 1.76. The fraction of sp³-hybridized carbons (Fsp3) is 0.625. The first-order valence-corrected chi connectivity index (χ1v) is 3.51. The molecule has 0 unspecified atom stereocenters. The number of allylic oxidation sites excluding steroid dienone is 1. The monoisotopic (exact) mass is 139 g/mol. The van der Waals surface area contributed by atoms with Crippen LogP contribution in [0.4, 0.5) is 0 Å². The van der Waals surface area contributed by atoms with E-state index in [9.17, 15) is 0 Å². The van der Waals surface area contributed by atoms with Crippen molar-refractivity contribution in [2.24, 2.45) is 4.99 Å². The van der Waals surface area contributed by atoms with Crippen LogP contribution in [0.25, 0.3) is 0 Å². The molecular formula is C8H13NO. The lowest BCUT2D eigenvalue weighted by Gasteiger charge is -2.14. The standard InChI is InChI=1S/C8H13NO/c1-6-4-5-9-7(2)8(6)10-3/h4-5H2,1-3H3. The molecule has 0 aliphatic carbocycles. The van der Waals surface area contributed by atoms with Gasteiger partial charge >= 0.3 is 0 Å². The lowest BCUT2D eigenvalue weighted by molar-refractivity contribution is 0.307. The summed E-state index contributed by atoms with van der Waals surface area (Å²) in [6, 6.07) is 0. The van der Waals surface area contributed by atoms with E-state index in [-0.39, 0.29) is 0 Å². The maximum absolute atomic E-state index is 5.16. The van der Waals surface area contributed by atoms with Crippen molar-refractivity contribution in [3.8, 4) is 0 Å². The molecule has 0 atom stereocenters. The molecule has 0 radical (unpaired) electrons. The zero-order chi connectivity index (χ0) is 7.56. The van der Waals surface area contributed by atoms with Gasteiger partial charge in [-0.2, -0.15) is 0 Å². The van der Waals surface area contributed by atoms with Gasteiger partial charge in [-0.3, -0.25) is 4.99 Å². The summed E-state index contributed by atoms with van der Waals surface area (Å²) in [5.41, 5.74) is 2.35. The van der Waals surface area contributed by atoms with Gasteiger partial charge in [-0.25, -0.2) is 0 Å². The van der Waals surface area contributed by atoms with Gasteiger partial charge in [0.05, 0.1) is 12.8 Å². The first kappa shape index (κ1) is 7.32. The minimum Gasteiger partial charge on any atom is -0.495 e. The smallest absolute Gasteiger partial charge is 0.138 e. The number of hydrogen-bond acceptors (Lipinski definition) is 2. The van der Waals surface area contributed by atoms with Gasteiger partial charge in [-0.15, -0.1) is 0 Å². The number of aliphatic imine (C=N–C) groups is 1. The quantitative estimate of drug-likeness (QED) is 0.542. The Labute approximate surface area is 61.6 Å². The average molecular weight is 139 g/mol. The van der Waals surface area contributed by atoms with E-state index in [4.69, 9.17) is 4.74 Å². The van der Waals surface area contributed by atoms with Crippen LogP contribution < -0.4 is 0 Å². The Morgan fingerprint density at radius 1 is 1.40 bits per heavy atom. The molecule has 1 aliphatic rings. The summed E-state index contributed by atoms with van der Waals surface area (Å²) >= 11 is 0. The highest BCUT2D eigenvalue weighted by molar-refractivity contribution is 5.97. The predicted molar refractivity (Wildman–Crippen MR) is 42.3 cm³/mol. The van der Waals surface area contributed by atoms with E-state index in [1.165, 1.54) is 5.57 Å². The number of rotatable bonds is 1. The van der Waals surface area contributed by atoms with Crippen LogP contribution >= 0.6 is 0 Å². The third kappa shape index (κ3) is 1.20. The number of nitrogens with zero attached hydrogens (tertiary/aromatic N) is 1. The predicted octanol–water partition coefficient (Wildman–Crippen LogP) is 1.77. The summed E-state index contributed by atoms with van der Waals surface area (Å²) in [4.78, 5) is 4.27. The highest BCUT2D eigenvalue weighted by atomic mass is 16.5. The molecule has 0 aromatic carbocycles. The molecule has 1 heterocycles. The first-order chi connectivity index (χ1) is 4.75. The van der Waals surface area contributed by atoms with E-state index in [0.717, 1.165) is 24.4 Å². The molecule has 0 aromatic rings. The van der Waals surface area contributed by atoms with Crippen LogP contribution in [0, 0.1) is 0 Å². The highest BCUT2D eigenvalue weighted by Crippen LogP contribution is 2.15. The molecule has 2 heteroatoms.